The third kappa shape index (κ3) is 2.65. The Bertz CT molecular complexity index is 587. The number of nitrogens with one attached hydrogen (secondary N) is 1. The van der Waals surface area contributed by atoms with Crippen molar-refractivity contribution in [3.63, 3.8) is 0 Å². The van der Waals surface area contributed by atoms with Crippen LogP contribution in [-0.4, -0.2) is 34.6 Å². The lowest BCUT2D eigenvalue weighted by atomic mass is 9.61. The smallest absolute Gasteiger partial charge is 0.270 e. The van der Waals surface area contributed by atoms with Crippen molar-refractivity contribution in [2.24, 2.45) is 17.8 Å². The average molecular weight is 315 g/mol. The summed E-state index contributed by atoms with van der Waals surface area (Å²) in [7, 11) is 0. The van der Waals surface area contributed by atoms with Gasteiger partial charge in [0.1, 0.15) is 11.5 Å². The van der Waals surface area contributed by atoms with E-state index in [1.807, 2.05) is 13.8 Å². The van der Waals surface area contributed by atoms with E-state index >= 15 is 0 Å². The van der Waals surface area contributed by atoms with E-state index in [0.29, 0.717) is 35.4 Å². The van der Waals surface area contributed by atoms with Gasteiger partial charge in [-0.05, 0) is 32.3 Å². The lowest BCUT2D eigenvalue weighted by Crippen LogP contribution is -2.63. The zero-order valence-electron chi connectivity index (χ0n) is 13.9. The fourth-order valence-corrected chi connectivity index (χ4v) is 4.92. The number of amides is 1. The second-order valence-corrected chi connectivity index (χ2v) is 7.35. The first-order valence-corrected chi connectivity index (χ1v) is 8.88. The zero-order chi connectivity index (χ0) is 16.0. The van der Waals surface area contributed by atoms with Gasteiger partial charge in [0.2, 0.25) is 0 Å². The third-order valence-electron chi connectivity index (χ3n) is 5.88. The van der Waals surface area contributed by atoms with Gasteiger partial charge in [0.05, 0.1) is 6.10 Å². The monoisotopic (exact) mass is 315 g/mol. The highest BCUT2D eigenvalue weighted by molar-refractivity contribution is 5.92. The fourth-order valence-electron chi connectivity index (χ4n) is 4.92. The Morgan fingerprint density at radius 3 is 2.74 bits per heavy atom. The minimum atomic E-state index is -0.0584. The third-order valence-corrected chi connectivity index (χ3v) is 5.88. The molecule has 4 unspecified atom stereocenters. The molecular weight excluding hydrogens is 290 g/mol. The second-order valence-electron chi connectivity index (χ2n) is 7.35. The van der Waals surface area contributed by atoms with E-state index in [4.69, 9.17) is 4.74 Å². The fraction of sp³-hybridized carbons (Fsp3) is 0.722. The van der Waals surface area contributed by atoms with Gasteiger partial charge in [-0.3, -0.25) is 4.79 Å². The van der Waals surface area contributed by atoms with Gasteiger partial charge in [-0.1, -0.05) is 25.7 Å². The van der Waals surface area contributed by atoms with Gasteiger partial charge in [0, 0.05) is 30.2 Å². The van der Waals surface area contributed by atoms with Crippen molar-refractivity contribution >= 4 is 5.91 Å². The molecule has 1 aliphatic heterocycles. The highest BCUT2D eigenvalue weighted by atomic mass is 16.5. The Morgan fingerprint density at radius 2 is 2.00 bits per heavy atom. The van der Waals surface area contributed by atoms with Gasteiger partial charge >= 0.3 is 0 Å². The maximum absolute atomic E-state index is 12.7. The summed E-state index contributed by atoms with van der Waals surface area (Å²) in [5.41, 5.74) is 1.33. The zero-order valence-corrected chi connectivity index (χ0v) is 13.9. The topological polar surface area (TPSA) is 64.1 Å². The van der Waals surface area contributed by atoms with E-state index in [2.05, 4.69) is 15.3 Å². The van der Waals surface area contributed by atoms with Crippen LogP contribution in [0.5, 0.6) is 0 Å². The molecule has 1 saturated heterocycles. The summed E-state index contributed by atoms with van der Waals surface area (Å²) in [6.07, 6.45) is 6.66. The maximum Gasteiger partial charge on any atom is 0.270 e. The van der Waals surface area contributed by atoms with Crippen molar-refractivity contribution < 1.29 is 9.53 Å². The molecule has 2 heterocycles. The maximum atomic E-state index is 12.7. The van der Waals surface area contributed by atoms with Crippen LogP contribution < -0.4 is 5.32 Å². The molecule has 4 rings (SSSR count). The number of carbonyl (C=O) groups is 1. The number of fused-ring (bicyclic) bond motifs is 1. The van der Waals surface area contributed by atoms with Crippen LogP contribution in [0.3, 0.4) is 0 Å². The Balaban J connectivity index is 1.50. The van der Waals surface area contributed by atoms with Crippen molar-refractivity contribution in [1.82, 2.24) is 15.3 Å². The van der Waals surface area contributed by atoms with Crippen LogP contribution >= 0.6 is 0 Å². The first kappa shape index (κ1) is 15.1. The molecule has 0 spiro atoms. The highest BCUT2D eigenvalue weighted by Gasteiger charge is 2.57. The number of aromatic nitrogens is 2. The van der Waals surface area contributed by atoms with Crippen molar-refractivity contribution in [1.29, 1.82) is 0 Å². The van der Waals surface area contributed by atoms with Gasteiger partial charge in [-0.15, -0.1) is 0 Å². The Labute approximate surface area is 137 Å². The lowest BCUT2D eigenvalue weighted by molar-refractivity contribution is -0.0784. The average Bonchev–Trinajstić information content (AvgIpc) is 3.14. The molecule has 3 fully saturated rings. The lowest BCUT2D eigenvalue weighted by Gasteiger charge is -2.50. The molecule has 2 saturated carbocycles. The molecular formula is C18H25N3O2. The summed E-state index contributed by atoms with van der Waals surface area (Å²) in [6.45, 7) is 4.57. The predicted molar refractivity (Wildman–Crippen MR) is 86.1 cm³/mol. The standard InChI is InChI=1S/C18H25N3O2/c1-10-9-14(20-11(2)19-10)18(22)21-16-13-7-8-23-17(13)15(16)12-5-3-4-6-12/h9,12-13,15-17H,3-8H2,1-2H3,(H,21,22). The van der Waals surface area contributed by atoms with Crippen LogP contribution in [0.4, 0.5) is 0 Å². The van der Waals surface area contributed by atoms with Gasteiger partial charge in [-0.2, -0.15) is 0 Å². The molecule has 3 aliphatic rings. The summed E-state index contributed by atoms with van der Waals surface area (Å²) in [4.78, 5) is 21.2. The largest absolute Gasteiger partial charge is 0.377 e. The van der Waals surface area contributed by atoms with Crippen molar-refractivity contribution in [2.45, 2.75) is 58.1 Å². The molecule has 124 valence electrons. The summed E-state index contributed by atoms with van der Waals surface area (Å²) < 4.78 is 5.96. The van der Waals surface area contributed by atoms with Crippen LogP contribution in [0.1, 0.15) is 54.1 Å². The molecule has 1 aromatic rings. The summed E-state index contributed by atoms with van der Waals surface area (Å²) in [5, 5.41) is 3.28. The first-order chi connectivity index (χ1) is 11.1. The molecule has 4 atom stereocenters. The molecule has 0 bridgehead atoms. The number of ether oxygens (including phenoxy) is 1. The number of aryl methyl sites for hydroxylation is 2. The summed E-state index contributed by atoms with van der Waals surface area (Å²) in [6, 6.07) is 2.03. The van der Waals surface area contributed by atoms with Gasteiger partial charge in [-0.25, -0.2) is 9.97 Å². The van der Waals surface area contributed by atoms with Crippen molar-refractivity contribution in [2.75, 3.05) is 6.61 Å². The van der Waals surface area contributed by atoms with Crippen LogP contribution in [0.25, 0.3) is 0 Å². The minimum absolute atomic E-state index is 0.0584. The molecule has 0 aromatic carbocycles. The summed E-state index contributed by atoms with van der Waals surface area (Å²) in [5.74, 6) is 2.30. The molecule has 23 heavy (non-hydrogen) atoms. The second kappa shape index (κ2) is 5.86. The van der Waals surface area contributed by atoms with E-state index in [-0.39, 0.29) is 11.9 Å². The molecule has 1 amide bonds. The molecule has 1 aromatic heterocycles. The van der Waals surface area contributed by atoms with E-state index in [1.54, 1.807) is 6.07 Å². The Morgan fingerprint density at radius 1 is 1.22 bits per heavy atom. The predicted octanol–water partition coefficient (Wildman–Crippen LogP) is 2.42. The number of carbonyl (C=O) groups excluding carboxylic acids is 1. The molecule has 5 heteroatoms. The molecule has 1 N–H and O–H groups in total. The summed E-state index contributed by atoms with van der Waals surface area (Å²) >= 11 is 0. The minimum Gasteiger partial charge on any atom is -0.377 e. The highest BCUT2D eigenvalue weighted by Crippen LogP contribution is 2.51. The van der Waals surface area contributed by atoms with E-state index in [9.17, 15) is 4.79 Å². The number of rotatable bonds is 3. The van der Waals surface area contributed by atoms with E-state index < -0.39 is 0 Å². The van der Waals surface area contributed by atoms with Crippen LogP contribution in [0.15, 0.2) is 6.07 Å². The van der Waals surface area contributed by atoms with Gasteiger partial charge < -0.3 is 10.1 Å². The first-order valence-electron chi connectivity index (χ1n) is 8.88. The number of hydrogen-bond donors (Lipinski definition) is 1. The van der Waals surface area contributed by atoms with Crippen molar-refractivity contribution in [3.8, 4) is 0 Å². The Kier molecular flexibility index (Phi) is 3.84. The number of nitrogens with zero attached hydrogens (tertiary/aromatic N) is 2. The SMILES string of the molecule is Cc1cc(C(=O)NC2C3CCOC3C2C2CCCC2)nc(C)n1. The number of hydrogen-bond acceptors (Lipinski definition) is 4. The Hall–Kier alpha value is -1.49. The van der Waals surface area contributed by atoms with Crippen LogP contribution in [0.2, 0.25) is 0 Å². The molecule has 5 nitrogen and oxygen atoms in total. The van der Waals surface area contributed by atoms with E-state index in [0.717, 1.165) is 18.7 Å². The van der Waals surface area contributed by atoms with Gasteiger partial charge in [0.15, 0.2) is 0 Å². The van der Waals surface area contributed by atoms with Crippen molar-refractivity contribution in [3.05, 3.63) is 23.3 Å². The van der Waals surface area contributed by atoms with Gasteiger partial charge in [0.25, 0.3) is 5.91 Å². The normalized spacial score (nSPS) is 33.3. The van der Waals surface area contributed by atoms with Crippen LogP contribution in [0, 0.1) is 31.6 Å². The molecule has 0 radical (unpaired) electrons. The quantitative estimate of drug-likeness (QED) is 0.930. The van der Waals surface area contributed by atoms with Crippen LogP contribution in [-0.2, 0) is 4.74 Å². The molecule has 2 aliphatic carbocycles. The van der Waals surface area contributed by atoms with E-state index in [1.165, 1.54) is 25.7 Å².